The molecule has 0 aliphatic heterocycles. The average Bonchev–Trinajstić information content (AvgIpc) is 2.91. The van der Waals surface area contributed by atoms with E-state index in [1.54, 1.807) is 22.7 Å². The van der Waals surface area contributed by atoms with Crippen LogP contribution in [0.25, 0.3) is 5.65 Å². The van der Waals surface area contributed by atoms with Gasteiger partial charge in [0.2, 0.25) is 0 Å². The smallest absolute Gasteiger partial charge is 0.356 e. The largest absolute Gasteiger partial charge is 0.485 e. The lowest BCUT2D eigenvalue weighted by Gasteiger charge is -2.07. The van der Waals surface area contributed by atoms with Crippen LogP contribution in [-0.4, -0.2) is 20.5 Å². The molecule has 3 rings (SSSR count). The van der Waals surface area contributed by atoms with Gasteiger partial charge in [0.1, 0.15) is 6.61 Å². The molecule has 0 atom stereocenters. The highest BCUT2D eigenvalue weighted by molar-refractivity contribution is 5.86. The fraction of sp³-hybridized carbons (Fsp3) is 0.125. The number of pyridine rings is 1. The van der Waals surface area contributed by atoms with Crippen LogP contribution in [0, 0.1) is 6.92 Å². The van der Waals surface area contributed by atoms with E-state index in [9.17, 15) is 4.79 Å². The number of fused-ring (bicyclic) bond motifs is 1. The Hall–Kier alpha value is -2.82. The maximum Gasteiger partial charge on any atom is 0.356 e. The second kappa shape index (κ2) is 5.28. The fourth-order valence-electron chi connectivity index (χ4n) is 2.05. The van der Waals surface area contributed by atoms with Crippen LogP contribution in [0.5, 0.6) is 5.75 Å². The SMILES string of the molecule is Cc1ccc(COc2cccn3cc(C(=O)O)nc23)cc1. The van der Waals surface area contributed by atoms with Crippen molar-refractivity contribution in [3.05, 3.63) is 65.6 Å². The summed E-state index contributed by atoms with van der Waals surface area (Å²) in [6.07, 6.45) is 3.21. The summed E-state index contributed by atoms with van der Waals surface area (Å²) in [7, 11) is 0. The molecule has 0 bridgehead atoms. The zero-order valence-electron chi connectivity index (χ0n) is 11.5. The van der Waals surface area contributed by atoms with Gasteiger partial charge in [-0.3, -0.25) is 0 Å². The predicted molar refractivity (Wildman–Crippen MR) is 77.7 cm³/mol. The van der Waals surface area contributed by atoms with E-state index >= 15 is 0 Å². The molecule has 0 saturated carbocycles. The molecule has 3 aromatic rings. The Bertz CT molecular complexity index is 791. The van der Waals surface area contributed by atoms with E-state index in [0.717, 1.165) is 5.56 Å². The van der Waals surface area contributed by atoms with Crippen LogP contribution in [0.3, 0.4) is 0 Å². The molecule has 1 N–H and O–H groups in total. The number of carboxylic acid groups (broad SMARTS) is 1. The fourth-order valence-corrected chi connectivity index (χ4v) is 2.05. The van der Waals surface area contributed by atoms with Gasteiger partial charge in [-0.05, 0) is 24.6 Å². The molecule has 0 saturated heterocycles. The standard InChI is InChI=1S/C16H14N2O3/c1-11-4-6-12(7-5-11)10-21-14-3-2-8-18-9-13(16(19)20)17-15(14)18/h2-9H,10H2,1H3,(H,19,20). The third kappa shape index (κ3) is 2.72. The van der Waals surface area contributed by atoms with Crippen LogP contribution in [0.4, 0.5) is 0 Å². The van der Waals surface area contributed by atoms with Crippen molar-refractivity contribution in [3.8, 4) is 5.75 Å². The van der Waals surface area contributed by atoms with Crippen molar-refractivity contribution in [2.24, 2.45) is 0 Å². The van der Waals surface area contributed by atoms with Crippen LogP contribution >= 0.6 is 0 Å². The number of imidazole rings is 1. The third-order valence-corrected chi connectivity index (χ3v) is 3.18. The number of aromatic nitrogens is 2. The lowest BCUT2D eigenvalue weighted by atomic mass is 10.2. The molecule has 5 heteroatoms. The van der Waals surface area contributed by atoms with Crippen LogP contribution in [-0.2, 0) is 6.61 Å². The summed E-state index contributed by atoms with van der Waals surface area (Å²) in [4.78, 5) is 15.1. The van der Waals surface area contributed by atoms with Crippen LogP contribution in [0.15, 0.2) is 48.8 Å². The minimum atomic E-state index is -1.05. The van der Waals surface area contributed by atoms with Gasteiger partial charge in [0.25, 0.3) is 0 Å². The van der Waals surface area contributed by atoms with Crippen molar-refractivity contribution in [1.82, 2.24) is 9.38 Å². The predicted octanol–water partition coefficient (Wildman–Crippen LogP) is 2.92. The Morgan fingerprint density at radius 3 is 2.76 bits per heavy atom. The highest BCUT2D eigenvalue weighted by atomic mass is 16.5. The summed E-state index contributed by atoms with van der Waals surface area (Å²) in [5, 5.41) is 8.99. The van der Waals surface area contributed by atoms with Crippen molar-refractivity contribution in [2.75, 3.05) is 0 Å². The highest BCUT2D eigenvalue weighted by Crippen LogP contribution is 2.20. The van der Waals surface area contributed by atoms with Crippen molar-refractivity contribution in [3.63, 3.8) is 0 Å². The molecule has 0 spiro atoms. The number of ether oxygens (including phenoxy) is 1. The monoisotopic (exact) mass is 282 g/mol. The Morgan fingerprint density at radius 2 is 2.05 bits per heavy atom. The first kappa shape index (κ1) is 13.2. The number of rotatable bonds is 4. The number of aryl methyl sites for hydroxylation is 1. The number of hydrogen-bond acceptors (Lipinski definition) is 3. The van der Waals surface area contributed by atoms with E-state index in [-0.39, 0.29) is 5.69 Å². The quantitative estimate of drug-likeness (QED) is 0.799. The molecular weight excluding hydrogens is 268 g/mol. The van der Waals surface area contributed by atoms with Gasteiger partial charge in [-0.25, -0.2) is 9.78 Å². The highest BCUT2D eigenvalue weighted by Gasteiger charge is 2.12. The molecule has 2 aromatic heterocycles. The van der Waals surface area contributed by atoms with E-state index in [0.29, 0.717) is 18.0 Å². The van der Waals surface area contributed by atoms with E-state index in [2.05, 4.69) is 4.98 Å². The summed E-state index contributed by atoms with van der Waals surface area (Å²) in [6.45, 7) is 2.44. The van der Waals surface area contributed by atoms with Crippen LogP contribution in [0.1, 0.15) is 21.6 Å². The van der Waals surface area contributed by atoms with Crippen LogP contribution in [0.2, 0.25) is 0 Å². The lowest BCUT2D eigenvalue weighted by molar-refractivity contribution is 0.0691. The Kier molecular flexibility index (Phi) is 3.31. The molecule has 2 heterocycles. The Morgan fingerprint density at radius 1 is 1.29 bits per heavy atom. The molecule has 0 aliphatic carbocycles. The normalized spacial score (nSPS) is 10.7. The summed E-state index contributed by atoms with van der Waals surface area (Å²) < 4.78 is 7.41. The van der Waals surface area contributed by atoms with E-state index in [1.165, 1.54) is 11.8 Å². The zero-order valence-corrected chi connectivity index (χ0v) is 11.5. The Balaban J connectivity index is 1.86. The number of carboxylic acids is 1. The molecule has 21 heavy (non-hydrogen) atoms. The first-order valence-electron chi connectivity index (χ1n) is 6.53. The molecule has 0 aliphatic rings. The topological polar surface area (TPSA) is 63.8 Å². The zero-order chi connectivity index (χ0) is 14.8. The Labute approximate surface area is 121 Å². The lowest BCUT2D eigenvalue weighted by Crippen LogP contribution is -1.98. The number of hydrogen-bond donors (Lipinski definition) is 1. The molecule has 1 aromatic carbocycles. The second-order valence-electron chi connectivity index (χ2n) is 4.81. The van der Waals surface area contributed by atoms with Crippen molar-refractivity contribution < 1.29 is 14.6 Å². The summed E-state index contributed by atoms with van der Waals surface area (Å²) in [5.41, 5.74) is 2.75. The van der Waals surface area contributed by atoms with Crippen molar-refractivity contribution in [1.29, 1.82) is 0 Å². The van der Waals surface area contributed by atoms with Gasteiger partial charge in [0.15, 0.2) is 17.1 Å². The van der Waals surface area contributed by atoms with E-state index in [1.807, 2.05) is 31.2 Å². The second-order valence-corrected chi connectivity index (χ2v) is 4.81. The third-order valence-electron chi connectivity index (χ3n) is 3.18. The summed E-state index contributed by atoms with van der Waals surface area (Å²) >= 11 is 0. The molecule has 0 unspecified atom stereocenters. The van der Waals surface area contributed by atoms with Gasteiger partial charge < -0.3 is 14.2 Å². The molecule has 106 valence electrons. The minimum Gasteiger partial charge on any atom is -0.485 e. The van der Waals surface area contributed by atoms with E-state index < -0.39 is 5.97 Å². The molecule has 0 radical (unpaired) electrons. The average molecular weight is 282 g/mol. The van der Waals surface area contributed by atoms with Gasteiger partial charge in [0.05, 0.1) is 0 Å². The van der Waals surface area contributed by atoms with Crippen molar-refractivity contribution >= 4 is 11.6 Å². The first-order chi connectivity index (χ1) is 10.1. The maximum atomic E-state index is 11.0. The van der Waals surface area contributed by atoms with Gasteiger partial charge in [-0.15, -0.1) is 0 Å². The molecular formula is C16H14N2O3. The summed E-state index contributed by atoms with van der Waals surface area (Å²) in [6, 6.07) is 11.6. The number of nitrogens with zero attached hydrogens (tertiary/aromatic N) is 2. The molecule has 0 amide bonds. The van der Waals surface area contributed by atoms with Crippen LogP contribution < -0.4 is 4.74 Å². The maximum absolute atomic E-state index is 11.0. The van der Waals surface area contributed by atoms with Gasteiger partial charge in [0, 0.05) is 12.4 Å². The molecule has 5 nitrogen and oxygen atoms in total. The summed E-state index contributed by atoms with van der Waals surface area (Å²) in [5.74, 6) is -0.492. The molecule has 0 fully saturated rings. The number of benzene rings is 1. The minimum absolute atomic E-state index is 0.00128. The van der Waals surface area contributed by atoms with Gasteiger partial charge >= 0.3 is 5.97 Å². The number of aromatic carboxylic acids is 1. The van der Waals surface area contributed by atoms with E-state index in [4.69, 9.17) is 9.84 Å². The van der Waals surface area contributed by atoms with Gasteiger partial charge in [-0.2, -0.15) is 0 Å². The van der Waals surface area contributed by atoms with Crippen molar-refractivity contribution in [2.45, 2.75) is 13.5 Å². The first-order valence-corrected chi connectivity index (χ1v) is 6.53. The van der Waals surface area contributed by atoms with Gasteiger partial charge in [-0.1, -0.05) is 29.8 Å². The number of carbonyl (C=O) groups is 1.